The predicted octanol–water partition coefficient (Wildman–Crippen LogP) is 2.20. The average molecular weight is 275 g/mol. The molecule has 4 nitrogen and oxygen atoms in total. The van der Waals surface area contributed by atoms with Gasteiger partial charge in [-0.2, -0.15) is 11.8 Å². The molecule has 1 N–H and O–H groups in total. The van der Waals surface area contributed by atoms with E-state index in [1.165, 1.54) is 0 Å². The van der Waals surface area contributed by atoms with Crippen LogP contribution in [0.4, 0.5) is 0 Å². The fourth-order valence-corrected chi connectivity index (χ4v) is 2.41. The first-order valence-corrected chi connectivity index (χ1v) is 7.46. The van der Waals surface area contributed by atoms with Crippen LogP contribution in [0.3, 0.4) is 0 Å². The standard InChI is InChI=1S/C14H17N3OS/c1-3-8-15-14(18)9-17-12-7-5-4-6-11(12)16-13(17)10-19-2/h3-7H,1,8-10H2,2H3,(H,15,18). The minimum Gasteiger partial charge on any atom is -0.351 e. The quantitative estimate of drug-likeness (QED) is 0.822. The number of rotatable bonds is 6. The summed E-state index contributed by atoms with van der Waals surface area (Å²) in [5.41, 5.74) is 1.93. The lowest BCUT2D eigenvalue weighted by atomic mass is 10.3. The molecule has 2 rings (SSSR count). The van der Waals surface area contributed by atoms with Crippen molar-refractivity contribution in [3.8, 4) is 0 Å². The second-order valence-corrected chi connectivity index (χ2v) is 4.99. The van der Waals surface area contributed by atoms with Gasteiger partial charge >= 0.3 is 0 Å². The summed E-state index contributed by atoms with van der Waals surface area (Å²) in [7, 11) is 0. The minimum atomic E-state index is -0.0228. The molecule has 0 unspecified atom stereocenters. The molecule has 5 heteroatoms. The van der Waals surface area contributed by atoms with Gasteiger partial charge < -0.3 is 9.88 Å². The van der Waals surface area contributed by atoms with Crippen LogP contribution in [0, 0.1) is 0 Å². The molecule has 0 saturated carbocycles. The van der Waals surface area contributed by atoms with E-state index in [2.05, 4.69) is 16.9 Å². The maximum absolute atomic E-state index is 11.9. The van der Waals surface area contributed by atoms with Crippen LogP contribution in [0.1, 0.15) is 5.82 Å². The van der Waals surface area contributed by atoms with Crippen molar-refractivity contribution in [2.45, 2.75) is 12.3 Å². The first-order chi connectivity index (χ1) is 9.26. The Balaban J connectivity index is 2.30. The molecule has 2 aromatic rings. The highest BCUT2D eigenvalue weighted by Crippen LogP contribution is 2.18. The lowest BCUT2D eigenvalue weighted by Gasteiger charge is -2.08. The van der Waals surface area contributed by atoms with Crippen molar-refractivity contribution in [2.24, 2.45) is 0 Å². The molecular formula is C14H17N3OS. The molecule has 0 aliphatic heterocycles. The third-order valence-electron chi connectivity index (χ3n) is 2.75. The van der Waals surface area contributed by atoms with E-state index >= 15 is 0 Å². The van der Waals surface area contributed by atoms with Gasteiger partial charge in [-0.25, -0.2) is 4.98 Å². The zero-order chi connectivity index (χ0) is 13.7. The highest BCUT2D eigenvalue weighted by atomic mass is 32.2. The molecule has 100 valence electrons. The molecule has 19 heavy (non-hydrogen) atoms. The number of para-hydroxylation sites is 2. The molecule has 0 atom stereocenters. The van der Waals surface area contributed by atoms with Gasteiger partial charge in [-0.1, -0.05) is 18.2 Å². The lowest BCUT2D eigenvalue weighted by Crippen LogP contribution is -2.28. The Morgan fingerprint density at radius 1 is 1.53 bits per heavy atom. The normalized spacial score (nSPS) is 10.6. The van der Waals surface area contributed by atoms with Gasteiger partial charge in [0, 0.05) is 6.54 Å². The van der Waals surface area contributed by atoms with Crippen molar-refractivity contribution in [3.05, 3.63) is 42.7 Å². The molecule has 1 heterocycles. The Bertz CT molecular complexity index is 591. The number of imidazole rings is 1. The number of carbonyl (C=O) groups is 1. The maximum Gasteiger partial charge on any atom is 0.240 e. The molecule has 0 aliphatic carbocycles. The van der Waals surface area contributed by atoms with Crippen LogP contribution in [0.25, 0.3) is 11.0 Å². The Labute approximate surface area is 116 Å². The van der Waals surface area contributed by atoms with Gasteiger partial charge in [0.25, 0.3) is 0 Å². The number of thioether (sulfide) groups is 1. The van der Waals surface area contributed by atoms with E-state index in [0.717, 1.165) is 22.6 Å². The van der Waals surface area contributed by atoms with Crippen LogP contribution in [-0.2, 0) is 17.1 Å². The van der Waals surface area contributed by atoms with Crippen LogP contribution in [0.15, 0.2) is 36.9 Å². The van der Waals surface area contributed by atoms with Gasteiger partial charge in [0.1, 0.15) is 12.4 Å². The number of benzene rings is 1. The molecule has 0 spiro atoms. The van der Waals surface area contributed by atoms with Crippen LogP contribution in [0.2, 0.25) is 0 Å². The van der Waals surface area contributed by atoms with E-state index in [4.69, 9.17) is 0 Å². The van der Waals surface area contributed by atoms with Gasteiger partial charge in [0.15, 0.2) is 0 Å². The zero-order valence-corrected chi connectivity index (χ0v) is 11.7. The Morgan fingerprint density at radius 2 is 2.32 bits per heavy atom. The summed E-state index contributed by atoms with van der Waals surface area (Å²) in [6.07, 6.45) is 3.70. The van der Waals surface area contributed by atoms with E-state index in [1.807, 2.05) is 35.1 Å². The van der Waals surface area contributed by atoms with E-state index in [-0.39, 0.29) is 5.91 Å². The SMILES string of the molecule is C=CCNC(=O)Cn1c(CSC)nc2ccccc21. The maximum atomic E-state index is 11.9. The van der Waals surface area contributed by atoms with Gasteiger partial charge in [-0.15, -0.1) is 6.58 Å². The summed E-state index contributed by atoms with van der Waals surface area (Å²) >= 11 is 1.70. The topological polar surface area (TPSA) is 46.9 Å². The molecule has 0 fully saturated rings. The summed E-state index contributed by atoms with van der Waals surface area (Å²) in [6, 6.07) is 7.88. The Morgan fingerprint density at radius 3 is 3.05 bits per heavy atom. The average Bonchev–Trinajstić information content (AvgIpc) is 2.75. The lowest BCUT2D eigenvalue weighted by molar-refractivity contribution is -0.121. The summed E-state index contributed by atoms with van der Waals surface area (Å²) in [5, 5.41) is 2.79. The van der Waals surface area contributed by atoms with Gasteiger partial charge in [0.2, 0.25) is 5.91 Å². The van der Waals surface area contributed by atoms with Crippen molar-refractivity contribution < 1.29 is 4.79 Å². The summed E-state index contributed by atoms with van der Waals surface area (Å²) in [5.74, 6) is 1.71. The Hall–Kier alpha value is -1.75. The highest BCUT2D eigenvalue weighted by Gasteiger charge is 2.12. The van der Waals surface area contributed by atoms with E-state index < -0.39 is 0 Å². The Kier molecular flexibility index (Phi) is 4.63. The second kappa shape index (κ2) is 6.43. The van der Waals surface area contributed by atoms with Crippen molar-refractivity contribution in [1.29, 1.82) is 0 Å². The largest absolute Gasteiger partial charge is 0.351 e. The molecular weight excluding hydrogens is 258 g/mol. The number of carbonyl (C=O) groups excluding carboxylic acids is 1. The number of aromatic nitrogens is 2. The molecule has 0 bridgehead atoms. The number of nitrogens with one attached hydrogen (secondary N) is 1. The summed E-state index contributed by atoms with van der Waals surface area (Å²) in [4.78, 5) is 16.4. The number of amides is 1. The number of hydrogen-bond acceptors (Lipinski definition) is 3. The van der Waals surface area contributed by atoms with Gasteiger partial charge in [-0.3, -0.25) is 4.79 Å². The third-order valence-corrected chi connectivity index (χ3v) is 3.30. The molecule has 0 saturated heterocycles. The van der Waals surface area contributed by atoms with Crippen LogP contribution in [0.5, 0.6) is 0 Å². The summed E-state index contributed by atoms with van der Waals surface area (Å²) < 4.78 is 1.98. The number of hydrogen-bond donors (Lipinski definition) is 1. The fraction of sp³-hybridized carbons (Fsp3) is 0.286. The molecule has 1 aromatic carbocycles. The third kappa shape index (κ3) is 3.17. The van der Waals surface area contributed by atoms with E-state index in [0.29, 0.717) is 13.1 Å². The van der Waals surface area contributed by atoms with Gasteiger partial charge in [-0.05, 0) is 18.4 Å². The first kappa shape index (κ1) is 13.7. The predicted molar refractivity (Wildman–Crippen MR) is 80.2 cm³/mol. The zero-order valence-electron chi connectivity index (χ0n) is 10.9. The van der Waals surface area contributed by atoms with Crippen LogP contribution in [-0.4, -0.2) is 28.3 Å². The molecule has 1 amide bonds. The monoisotopic (exact) mass is 275 g/mol. The molecule has 0 aliphatic rings. The molecule has 1 aromatic heterocycles. The summed E-state index contributed by atoms with van der Waals surface area (Å²) in [6.45, 7) is 4.37. The minimum absolute atomic E-state index is 0.0228. The van der Waals surface area contributed by atoms with Crippen LogP contribution < -0.4 is 5.32 Å². The fourth-order valence-electron chi connectivity index (χ4n) is 1.93. The van der Waals surface area contributed by atoms with E-state index in [9.17, 15) is 4.79 Å². The highest BCUT2D eigenvalue weighted by molar-refractivity contribution is 7.97. The number of fused-ring (bicyclic) bond motifs is 1. The van der Waals surface area contributed by atoms with Crippen LogP contribution >= 0.6 is 11.8 Å². The van der Waals surface area contributed by atoms with E-state index in [1.54, 1.807) is 17.8 Å². The first-order valence-electron chi connectivity index (χ1n) is 6.07. The molecule has 0 radical (unpaired) electrons. The second-order valence-electron chi connectivity index (χ2n) is 4.13. The van der Waals surface area contributed by atoms with Crippen molar-refractivity contribution in [3.63, 3.8) is 0 Å². The van der Waals surface area contributed by atoms with Gasteiger partial charge in [0.05, 0.1) is 16.8 Å². The van der Waals surface area contributed by atoms with Crippen molar-refractivity contribution in [2.75, 3.05) is 12.8 Å². The van der Waals surface area contributed by atoms with Crippen molar-refractivity contribution in [1.82, 2.24) is 14.9 Å². The number of nitrogens with zero attached hydrogens (tertiary/aromatic N) is 2. The smallest absolute Gasteiger partial charge is 0.240 e. The van der Waals surface area contributed by atoms with Crippen molar-refractivity contribution >= 4 is 28.7 Å².